The molecule has 0 atom stereocenters. The van der Waals surface area contributed by atoms with Gasteiger partial charge in [0.25, 0.3) is 5.91 Å². The van der Waals surface area contributed by atoms with Crippen LogP contribution in [0, 0.1) is 5.82 Å². The number of hydrogen-bond donors (Lipinski definition) is 1. The number of amides is 1. The highest BCUT2D eigenvalue weighted by Crippen LogP contribution is 2.28. The number of hydrogen-bond acceptors (Lipinski definition) is 4. The highest BCUT2D eigenvalue weighted by molar-refractivity contribution is 7.15. The van der Waals surface area contributed by atoms with Crippen molar-refractivity contribution in [1.29, 1.82) is 0 Å². The van der Waals surface area contributed by atoms with Crippen molar-refractivity contribution in [3.8, 4) is 16.2 Å². The highest BCUT2D eigenvalue weighted by atomic mass is 32.1. The van der Waals surface area contributed by atoms with Crippen LogP contribution in [0.25, 0.3) is 10.4 Å². The largest absolute Gasteiger partial charge is 0.494 e. The van der Waals surface area contributed by atoms with Gasteiger partial charge in [-0.15, -0.1) is 11.3 Å². The van der Waals surface area contributed by atoms with Crippen molar-refractivity contribution in [3.63, 3.8) is 0 Å². The van der Waals surface area contributed by atoms with Gasteiger partial charge in [0.15, 0.2) is 11.6 Å². The molecule has 2 heterocycles. The van der Waals surface area contributed by atoms with E-state index in [0.717, 1.165) is 15.3 Å². The van der Waals surface area contributed by atoms with Crippen molar-refractivity contribution >= 4 is 17.2 Å². The summed E-state index contributed by atoms with van der Waals surface area (Å²) in [5.74, 6) is -0.728. The molecule has 0 aliphatic heterocycles. The normalized spacial score (nSPS) is 10.6. The minimum absolute atomic E-state index is 0.122. The van der Waals surface area contributed by atoms with Crippen LogP contribution in [0.3, 0.4) is 0 Å². The summed E-state index contributed by atoms with van der Waals surface area (Å²) in [5, 5.41) is 2.80. The van der Waals surface area contributed by atoms with Gasteiger partial charge in [0.05, 0.1) is 19.6 Å². The van der Waals surface area contributed by atoms with E-state index in [1.54, 1.807) is 29.9 Å². The van der Waals surface area contributed by atoms with Crippen LogP contribution in [-0.4, -0.2) is 19.6 Å². The number of thiophene rings is 1. The first-order chi connectivity index (χ1) is 11.7. The predicted octanol–water partition coefficient (Wildman–Crippen LogP) is 4.13. The molecule has 3 aromatic rings. The van der Waals surface area contributed by atoms with E-state index in [1.807, 2.05) is 18.2 Å². The third-order valence-electron chi connectivity index (χ3n) is 3.54. The second-order valence-electron chi connectivity index (χ2n) is 5.13. The Hall–Kier alpha value is -2.60. The molecule has 1 N–H and O–H groups in total. The number of benzene rings is 1. The molecule has 4 nitrogen and oxygen atoms in total. The van der Waals surface area contributed by atoms with E-state index >= 15 is 0 Å². The van der Waals surface area contributed by atoms with Gasteiger partial charge < -0.3 is 14.5 Å². The molecule has 1 aromatic carbocycles. The number of carbonyl (C=O) groups excluding carboxylic acids is 1. The van der Waals surface area contributed by atoms with Crippen LogP contribution in [-0.2, 0) is 6.42 Å². The molecule has 0 saturated carbocycles. The van der Waals surface area contributed by atoms with Gasteiger partial charge in [-0.25, -0.2) is 4.39 Å². The summed E-state index contributed by atoms with van der Waals surface area (Å²) in [6, 6.07) is 10.1. The van der Waals surface area contributed by atoms with E-state index in [-0.39, 0.29) is 17.2 Å². The topological polar surface area (TPSA) is 51.5 Å². The second-order valence-corrected chi connectivity index (χ2v) is 6.30. The SMILES string of the molecule is COc1ccc(C(=O)NCCc2ccc(-c3ccoc3)s2)cc1F. The molecule has 124 valence electrons. The van der Waals surface area contributed by atoms with Crippen LogP contribution in [0.15, 0.2) is 53.3 Å². The molecule has 1 amide bonds. The molecule has 0 aliphatic carbocycles. The molecular weight excluding hydrogens is 329 g/mol. The van der Waals surface area contributed by atoms with Gasteiger partial charge in [0.1, 0.15) is 0 Å². The molecule has 3 rings (SSSR count). The van der Waals surface area contributed by atoms with E-state index in [9.17, 15) is 9.18 Å². The fourth-order valence-electron chi connectivity index (χ4n) is 2.28. The molecule has 24 heavy (non-hydrogen) atoms. The maximum atomic E-state index is 13.6. The zero-order valence-electron chi connectivity index (χ0n) is 13.0. The van der Waals surface area contributed by atoms with Crippen LogP contribution in [0.2, 0.25) is 0 Å². The summed E-state index contributed by atoms with van der Waals surface area (Å²) in [7, 11) is 1.39. The average Bonchev–Trinajstić information content (AvgIpc) is 3.26. The number of rotatable bonds is 6. The highest BCUT2D eigenvalue weighted by Gasteiger charge is 2.10. The van der Waals surface area contributed by atoms with Crippen molar-refractivity contribution in [2.45, 2.75) is 6.42 Å². The van der Waals surface area contributed by atoms with Gasteiger partial charge in [0.2, 0.25) is 0 Å². The summed E-state index contributed by atoms with van der Waals surface area (Å²) in [6.45, 7) is 0.484. The lowest BCUT2D eigenvalue weighted by Gasteiger charge is -2.06. The Labute approximate surface area is 142 Å². The third kappa shape index (κ3) is 3.65. The molecule has 0 saturated heterocycles. The number of halogens is 1. The van der Waals surface area contributed by atoms with Crippen LogP contribution in [0.4, 0.5) is 4.39 Å². The summed E-state index contributed by atoms with van der Waals surface area (Å²) in [5.41, 5.74) is 1.32. The molecular formula is C18H16FNO3S. The van der Waals surface area contributed by atoms with Gasteiger partial charge >= 0.3 is 0 Å². The minimum Gasteiger partial charge on any atom is -0.494 e. The molecule has 0 aliphatic rings. The van der Waals surface area contributed by atoms with Crippen molar-refractivity contribution < 1.29 is 18.3 Å². The number of furan rings is 1. The van der Waals surface area contributed by atoms with Crippen LogP contribution in [0.1, 0.15) is 15.2 Å². The predicted molar refractivity (Wildman–Crippen MR) is 91.0 cm³/mol. The molecule has 0 bridgehead atoms. The smallest absolute Gasteiger partial charge is 0.251 e. The van der Waals surface area contributed by atoms with Crippen molar-refractivity contribution in [2.75, 3.05) is 13.7 Å². The van der Waals surface area contributed by atoms with E-state index in [0.29, 0.717) is 13.0 Å². The Morgan fingerprint density at radius 3 is 2.88 bits per heavy atom. The molecule has 0 radical (unpaired) electrons. The molecule has 0 unspecified atom stereocenters. The first-order valence-corrected chi connectivity index (χ1v) is 8.22. The zero-order valence-corrected chi connectivity index (χ0v) is 13.9. The van der Waals surface area contributed by atoms with Crippen LogP contribution in [0.5, 0.6) is 5.75 Å². The van der Waals surface area contributed by atoms with E-state index < -0.39 is 5.82 Å². The molecule has 2 aromatic heterocycles. The number of nitrogens with one attached hydrogen (secondary N) is 1. The van der Waals surface area contributed by atoms with Crippen molar-refractivity contribution in [2.24, 2.45) is 0 Å². The van der Waals surface area contributed by atoms with Crippen molar-refractivity contribution in [3.05, 3.63) is 65.2 Å². The Kier molecular flexibility index (Phi) is 4.96. The Morgan fingerprint density at radius 2 is 2.17 bits per heavy atom. The fourth-order valence-corrected chi connectivity index (χ4v) is 3.27. The quantitative estimate of drug-likeness (QED) is 0.731. The average molecular weight is 345 g/mol. The number of carbonyl (C=O) groups is 1. The van der Waals surface area contributed by atoms with Gasteiger partial charge in [-0.05, 0) is 42.8 Å². The summed E-state index contributed by atoms with van der Waals surface area (Å²) in [6.07, 6.45) is 4.06. The Balaban J connectivity index is 1.54. The van der Waals surface area contributed by atoms with Gasteiger partial charge in [0, 0.05) is 27.4 Å². The molecule has 6 heteroatoms. The maximum Gasteiger partial charge on any atom is 0.251 e. The van der Waals surface area contributed by atoms with Crippen LogP contribution < -0.4 is 10.1 Å². The monoisotopic (exact) mass is 345 g/mol. The number of methoxy groups -OCH3 is 1. The van der Waals surface area contributed by atoms with Gasteiger partial charge in [-0.3, -0.25) is 4.79 Å². The Morgan fingerprint density at radius 1 is 1.29 bits per heavy atom. The summed E-state index contributed by atoms with van der Waals surface area (Å²) in [4.78, 5) is 14.3. The first kappa shape index (κ1) is 16.3. The van der Waals surface area contributed by atoms with E-state index in [4.69, 9.17) is 9.15 Å². The van der Waals surface area contributed by atoms with Crippen molar-refractivity contribution in [1.82, 2.24) is 5.32 Å². The summed E-state index contributed by atoms with van der Waals surface area (Å²) < 4.78 is 23.5. The van der Waals surface area contributed by atoms with Gasteiger partial charge in [-0.2, -0.15) is 0 Å². The Bertz CT molecular complexity index is 827. The lowest BCUT2D eigenvalue weighted by Crippen LogP contribution is -2.25. The third-order valence-corrected chi connectivity index (χ3v) is 4.73. The standard InChI is InChI=1S/C18H16FNO3S/c1-22-16-4-2-12(10-15(16)19)18(21)20-8-6-14-3-5-17(24-14)13-7-9-23-11-13/h2-5,7,9-11H,6,8H2,1H3,(H,20,21). The zero-order chi connectivity index (χ0) is 16.9. The second kappa shape index (κ2) is 7.31. The first-order valence-electron chi connectivity index (χ1n) is 7.40. The fraction of sp³-hybridized carbons (Fsp3) is 0.167. The maximum absolute atomic E-state index is 13.6. The molecule has 0 spiro atoms. The van der Waals surface area contributed by atoms with E-state index in [2.05, 4.69) is 5.32 Å². The lowest BCUT2D eigenvalue weighted by molar-refractivity contribution is 0.0953. The minimum atomic E-state index is -0.548. The number of ether oxygens (including phenoxy) is 1. The van der Waals surface area contributed by atoms with E-state index in [1.165, 1.54) is 19.2 Å². The van der Waals surface area contributed by atoms with Gasteiger partial charge in [-0.1, -0.05) is 0 Å². The van der Waals surface area contributed by atoms with Crippen LogP contribution >= 0.6 is 11.3 Å². The lowest BCUT2D eigenvalue weighted by atomic mass is 10.2. The molecule has 0 fully saturated rings. The summed E-state index contributed by atoms with van der Waals surface area (Å²) >= 11 is 1.66.